The molecule has 0 unspecified atom stereocenters. The van der Waals surface area contributed by atoms with E-state index in [1.165, 1.54) is 17.7 Å². The highest BCUT2D eigenvalue weighted by molar-refractivity contribution is 5.92. The predicted molar refractivity (Wildman–Crippen MR) is 83.9 cm³/mol. The van der Waals surface area contributed by atoms with Crippen molar-refractivity contribution in [2.24, 2.45) is 0 Å². The van der Waals surface area contributed by atoms with Crippen molar-refractivity contribution < 1.29 is 9.18 Å². The summed E-state index contributed by atoms with van der Waals surface area (Å²) >= 11 is 0. The van der Waals surface area contributed by atoms with Crippen LogP contribution in [0.2, 0.25) is 0 Å². The van der Waals surface area contributed by atoms with Crippen LogP contribution in [0.25, 0.3) is 0 Å². The zero-order chi connectivity index (χ0) is 15.2. The van der Waals surface area contributed by atoms with Crippen LogP contribution in [0.15, 0.2) is 48.5 Å². The van der Waals surface area contributed by atoms with E-state index in [0.29, 0.717) is 5.92 Å². The molecule has 0 aromatic heterocycles. The normalized spacial score (nSPS) is 12.0. The topological polar surface area (TPSA) is 29.1 Å². The summed E-state index contributed by atoms with van der Waals surface area (Å²) in [6, 6.07) is 13.9. The third-order valence-electron chi connectivity index (χ3n) is 3.65. The minimum atomic E-state index is -0.292. The van der Waals surface area contributed by atoms with Gasteiger partial charge in [0.2, 0.25) is 5.91 Å². The molecule has 110 valence electrons. The Morgan fingerprint density at radius 1 is 1.10 bits per heavy atom. The average Bonchev–Trinajstić information content (AvgIpc) is 2.49. The molecule has 0 fully saturated rings. The Balaban J connectivity index is 1.94. The molecule has 2 rings (SSSR count). The molecule has 3 heteroatoms. The summed E-state index contributed by atoms with van der Waals surface area (Å²) in [5.74, 6) is 0.131. The van der Waals surface area contributed by atoms with Crippen LogP contribution in [0.1, 0.15) is 37.3 Å². The third kappa shape index (κ3) is 4.42. The summed E-state index contributed by atoms with van der Waals surface area (Å²) in [5.41, 5.74) is 2.85. The van der Waals surface area contributed by atoms with Crippen LogP contribution in [-0.4, -0.2) is 5.91 Å². The molecule has 1 amide bonds. The van der Waals surface area contributed by atoms with Crippen LogP contribution in [0.5, 0.6) is 0 Å². The van der Waals surface area contributed by atoms with Crippen LogP contribution >= 0.6 is 0 Å². The highest BCUT2D eigenvalue weighted by Crippen LogP contribution is 2.20. The van der Waals surface area contributed by atoms with Crippen molar-refractivity contribution in [3.8, 4) is 0 Å². The van der Waals surface area contributed by atoms with Gasteiger partial charge in [-0.1, -0.05) is 38.1 Å². The van der Waals surface area contributed by atoms with Crippen molar-refractivity contribution in [1.29, 1.82) is 0 Å². The fourth-order valence-electron chi connectivity index (χ4n) is 2.12. The molecule has 0 heterocycles. The zero-order valence-electron chi connectivity index (χ0n) is 12.4. The summed E-state index contributed by atoms with van der Waals surface area (Å²) in [5, 5.41) is 2.86. The monoisotopic (exact) mass is 285 g/mol. The van der Waals surface area contributed by atoms with E-state index < -0.39 is 0 Å². The molecule has 21 heavy (non-hydrogen) atoms. The van der Waals surface area contributed by atoms with E-state index in [1.807, 2.05) is 24.3 Å². The number of hydrogen-bond donors (Lipinski definition) is 1. The van der Waals surface area contributed by atoms with Gasteiger partial charge in [0.25, 0.3) is 0 Å². The van der Waals surface area contributed by atoms with Crippen LogP contribution in [0, 0.1) is 5.82 Å². The Morgan fingerprint density at radius 3 is 2.29 bits per heavy atom. The Morgan fingerprint density at radius 2 is 1.71 bits per heavy atom. The lowest BCUT2D eigenvalue weighted by molar-refractivity contribution is -0.115. The number of carbonyl (C=O) groups excluding carboxylic acids is 1. The molecule has 2 aromatic rings. The molecule has 2 nitrogen and oxygen atoms in total. The van der Waals surface area contributed by atoms with Gasteiger partial charge >= 0.3 is 0 Å². The summed E-state index contributed by atoms with van der Waals surface area (Å²) in [7, 11) is 0. The fraction of sp³-hybridized carbons (Fsp3) is 0.278. The van der Waals surface area contributed by atoms with Crippen molar-refractivity contribution in [3.63, 3.8) is 0 Å². The van der Waals surface area contributed by atoms with E-state index >= 15 is 0 Å². The molecule has 0 radical (unpaired) electrons. The van der Waals surface area contributed by atoms with E-state index in [9.17, 15) is 9.18 Å². The van der Waals surface area contributed by atoms with Gasteiger partial charge in [0.05, 0.1) is 6.42 Å². The lowest BCUT2D eigenvalue weighted by atomic mass is 9.98. The van der Waals surface area contributed by atoms with E-state index in [0.717, 1.165) is 17.7 Å². The number of benzene rings is 2. The van der Waals surface area contributed by atoms with Crippen LogP contribution in [0.3, 0.4) is 0 Å². The first kappa shape index (κ1) is 15.2. The molecule has 0 saturated carbocycles. The summed E-state index contributed by atoms with van der Waals surface area (Å²) < 4.78 is 12.8. The zero-order valence-corrected chi connectivity index (χ0v) is 12.4. The van der Waals surface area contributed by atoms with Gasteiger partial charge in [0, 0.05) is 5.69 Å². The number of carbonyl (C=O) groups is 1. The second kappa shape index (κ2) is 7.02. The lowest BCUT2D eigenvalue weighted by Gasteiger charge is -2.10. The van der Waals surface area contributed by atoms with Gasteiger partial charge in [-0.25, -0.2) is 4.39 Å². The molecule has 0 saturated heterocycles. The van der Waals surface area contributed by atoms with Crippen molar-refractivity contribution in [1.82, 2.24) is 0 Å². The smallest absolute Gasteiger partial charge is 0.228 e. The Hall–Kier alpha value is -2.16. The maximum absolute atomic E-state index is 12.8. The minimum Gasteiger partial charge on any atom is -0.326 e. The first-order valence-electron chi connectivity index (χ1n) is 7.22. The Bertz CT molecular complexity index is 590. The fourth-order valence-corrected chi connectivity index (χ4v) is 2.12. The van der Waals surface area contributed by atoms with Gasteiger partial charge in [-0.3, -0.25) is 4.79 Å². The summed E-state index contributed by atoms with van der Waals surface area (Å²) in [6.45, 7) is 4.34. The summed E-state index contributed by atoms with van der Waals surface area (Å²) in [6.07, 6.45) is 1.34. The van der Waals surface area contributed by atoms with Crippen LogP contribution in [-0.2, 0) is 11.2 Å². The molecule has 0 bridgehead atoms. The van der Waals surface area contributed by atoms with Gasteiger partial charge in [-0.05, 0) is 47.7 Å². The number of halogens is 1. The molecule has 0 spiro atoms. The Labute approximate surface area is 125 Å². The minimum absolute atomic E-state index is 0.0992. The van der Waals surface area contributed by atoms with E-state index in [2.05, 4.69) is 19.2 Å². The quantitative estimate of drug-likeness (QED) is 0.859. The van der Waals surface area contributed by atoms with Gasteiger partial charge in [0.15, 0.2) is 0 Å². The highest BCUT2D eigenvalue weighted by atomic mass is 19.1. The maximum atomic E-state index is 12.8. The number of rotatable bonds is 5. The number of hydrogen-bond acceptors (Lipinski definition) is 1. The third-order valence-corrected chi connectivity index (χ3v) is 3.65. The second-order valence-electron chi connectivity index (χ2n) is 5.28. The second-order valence-corrected chi connectivity index (χ2v) is 5.28. The first-order chi connectivity index (χ1) is 10.1. The largest absolute Gasteiger partial charge is 0.326 e. The molecular weight excluding hydrogens is 265 g/mol. The molecule has 0 aliphatic carbocycles. The van der Waals surface area contributed by atoms with Gasteiger partial charge in [-0.2, -0.15) is 0 Å². The van der Waals surface area contributed by atoms with E-state index in [-0.39, 0.29) is 18.1 Å². The van der Waals surface area contributed by atoms with Crippen molar-refractivity contribution in [3.05, 3.63) is 65.5 Å². The molecular formula is C18H20FNO. The molecule has 0 aliphatic rings. The molecule has 1 atom stereocenters. The highest BCUT2D eigenvalue weighted by Gasteiger charge is 2.06. The van der Waals surface area contributed by atoms with Crippen molar-refractivity contribution >= 4 is 11.6 Å². The van der Waals surface area contributed by atoms with Crippen molar-refractivity contribution in [2.75, 3.05) is 5.32 Å². The molecule has 2 aromatic carbocycles. The number of nitrogens with one attached hydrogen (secondary N) is 1. The number of amides is 1. The van der Waals surface area contributed by atoms with Gasteiger partial charge in [0.1, 0.15) is 5.82 Å². The maximum Gasteiger partial charge on any atom is 0.228 e. The van der Waals surface area contributed by atoms with Gasteiger partial charge in [-0.15, -0.1) is 0 Å². The number of anilines is 1. The van der Waals surface area contributed by atoms with Crippen LogP contribution < -0.4 is 5.32 Å². The van der Waals surface area contributed by atoms with E-state index in [1.54, 1.807) is 12.1 Å². The average molecular weight is 285 g/mol. The van der Waals surface area contributed by atoms with Gasteiger partial charge < -0.3 is 5.32 Å². The predicted octanol–water partition coefficient (Wildman–Crippen LogP) is 4.52. The Kier molecular flexibility index (Phi) is 5.09. The standard InChI is InChI=1S/C18H20FNO/c1-3-13(2)15-6-10-17(11-7-15)20-18(21)12-14-4-8-16(19)9-5-14/h4-11,13H,3,12H2,1-2H3,(H,20,21)/t13-/m1/s1. The van der Waals surface area contributed by atoms with Crippen molar-refractivity contribution in [2.45, 2.75) is 32.6 Å². The van der Waals surface area contributed by atoms with Crippen LogP contribution in [0.4, 0.5) is 10.1 Å². The molecule has 0 aliphatic heterocycles. The SMILES string of the molecule is CC[C@@H](C)c1ccc(NC(=O)Cc2ccc(F)cc2)cc1. The summed E-state index contributed by atoms with van der Waals surface area (Å²) in [4.78, 5) is 11.9. The first-order valence-corrected chi connectivity index (χ1v) is 7.22. The van der Waals surface area contributed by atoms with E-state index in [4.69, 9.17) is 0 Å². The molecule has 1 N–H and O–H groups in total. The lowest BCUT2D eigenvalue weighted by Crippen LogP contribution is -2.14.